The summed E-state index contributed by atoms with van der Waals surface area (Å²) in [7, 11) is -3.44. The molecule has 0 aromatic heterocycles. The van der Waals surface area contributed by atoms with Gasteiger partial charge in [0.25, 0.3) is 0 Å². The number of hydrogen-bond acceptors (Lipinski definition) is 4. The average molecular weight is 287 g/mol. The van der Waals surface area contributed by atoms with Crippen molar-refractivity contribution in [1.82, 2.24) is 0 Å². The molecule has 1 saturated heterocycles. The lowest BCUT2D eigenvalue weighted by Crippen LogP contribution is -2.11. The molecule has 1 heterocycles. The number of ether oxygens (including phenoxy) is 1. The van der Waals surface area contributed by atoms with Crippen molar-refractivity contribution in [1.29, 1.82) is 0 Å². The summed E-state index contributed by atoms with van der Waals surface area (Å²) in [6.07, 6.45) is 3.48. The van der Waals surface area contributed by atoms with Gasteiger partial charge in [-0.15, -0.1) is 0 Å². The van der Waals surface area contributed by atoms with Gasteiger partial charge in [0.05, 0.1) is 22.4 Å². The fraction of sp³-hybridized carbons (Fsp3) is 0.538. The second kappa shape index (κ2) is 5.88. The summed E-state index contributed by atoms with van der Waals surface area (Å²) >= 11 is 0. The lowest BCUT2D eigenvalue weighted by molar-refractivity contribution is 0.104. The molecule has 1 unspecified atom stereocenters. The van der Waals surface area contributed by atoms with E-state index in [2.05, 4.69) is 0 Å². The number of benzene rings is 1. The third-order valence-electron chi connectivity index (χ3n) is 3.29. The largest absolute Gasteiger partial charge is 0.396 e. The maximum absolute atomic E-state index is 13.3. The monoisotopic (exact) mass is 287 g/mol. The van der Waals surface area contributed by atoms with Gasteiger partial charge in [-0.05, 0) is 43.9 Å². The standard InChI is InChI=1S/C13H18FNO3S/c14-12-9-11(5-6-13(12)15)19(16,17)8-2-4-10-3-1-7-18-10/h5-6,9-10H,1-4,7-8,15H2. The van der Waals surface area contributed by atoms with Crippen molar-refractivity contribution in [3.63, 3.8) is 0 Å². The Morgan fingerprint density at radius 1 is 1.42 bits per heavy atom. The molecule has 0 amide bonds. The van der Waals surface area contributed by atoms with E-state index in [4.69, 9.17) is 10.5 Å². The van der Waals surface area contributed by atoms with Gasteiger partial charge in [-0.1, -0.05) is 0 Å². The van der Waals surface area contributed by atoms with Crippen LogP contribution in [-0.4, -0.2) is 26.9 Å². The molecule has 1 aromatic carbocycles. The van der Waals surface area contributed by atoms with E-state index in [1.807, 2.05) is 0 Å². The summed E-state index contributed by atoms with van der Waals surface area (Å²) < 4.78 is 42.7. The molecule has 0 spiro atoms. The van der Waals surface area contributed by atoms with Crippen LogP contribution in [0.15, 0.2) is 23.1 Å². The van der Waals surface area contributed by atoms with Crippen LogP contribution in [0, 0.1) is 5.82 Å². The number of halogens is 1. The van der Waals surface area contributed by atoms with Gasteiger partial charge >= 0.3 is 0 Å². The zero-order valence-electron chi connectivity index (χ0n) is 10.6. The first-order chi connectivity index (χ1) is 8.99. The van der Waals surface area contributed by atoms with Crippen LogP contribution >= 0.6 is 0 Å². The van der Waals surface area contributed by atoms with Gasteiger partial charge in [0.2, 0.25) is 0 Å². The first kappa shape index (κ1) is 14.3. The highest BCUT2D eigenvalue weighted by atomic mass is 32.2. The van der Waals surface area contributed by atoms with Crippen molar-refractivity contribution in [2.24, 2.45) is 0 Å². The van der Waals surface area contributed by atoms with Gasteiger partial charge in [0.1, 0.15) is 5.82 Å². The van der Waals surface area contributed by atoms with E-state index in [0.717, 1.165) is 31.9 Å². The molecule has 1 fully saturated rings. The van der Waals surface area contributed by atoms with E-state index in [0.29, 0.717) is 6.42 Å². The molecule has 1 atom stereocenters. The number of hydrogen-bond donors (Lipinski definition) is 1. The normalized spacial score (nSPS) is 19.7. The molecule has 2 rings (SSSR count). The van der Waals surface area contributed by atoms with Crippen LogP contribution in [-0.2, 0) is 14.6 Å². The van der Waals surface area contributed by atoms with Gasteiger partial charge in [-0.25, -0.2) is 12.8 Å². The summed E-state index contributed by atoms with van der Waals surface area (Å²) in [5.74, 6) is -0.684. The molecule has 106 valence electrons. The molecule has 19 heavy (non-hydrogen) atoms. The molecule has 1 aliphatic rings. The van der Waals surface area contributed by atoms with E-state index in [1.54, 1.807) is 0 Å². The van der Waals surface area contributed by atoms with Crippen LogP contribution in [0.2, 0.25) is 0 Å². The molecule has 1 aromatic rings. The SMILES string of the molecule is Nc1ccc(S(=O)(=O)CCCC2CCCO2)cc1F. The van der Waals surface area contributed by atoms with Crippen LogP contribution in [0.1, 0.15) is 25.7 Å². The predicted octanol–water partition coefficient (Wildman–Crippen LogP) is 2.14. The van der Waals surface area contributed by atoms with Crippen molar-refractivity contribution >= 4 is 15.5 Å². The first-order valence-electron chi connectivity index (χ1n) is 6.38. The van der Waals surface area contributed by atoms with Gasteiger partial charge in [-0.3, -0.25) is 0 Å². The van der Waals surface area contributed by atoms with Crippen molar-refractivity contribution in [2.45, 2.75) is 36.7 Å². The Morgan fingerprint density at radius 2 is 2.21 bits per heavy atom. The predicted molar refractivity (Wildman–Crippen MR) is 71.1 cm³/mol. The molecule has 0 saturated carbocycles. The Hall–Kier alpha value is -1.14. The molecule has 6 heteroatoms. The van der Waals surface area contributed by atoms with E-state index < -0.39 is 15.7 Å². The molecule has 1 aliphatic heterocycles. The number of nitrogen functional groups attached to an aromatic ring is 1. The van der Waals surface area contributed by atoms with Crippen LogP contribution in [0.4, 0.5) is 10.1 Å². The van der Waals surface area contributed by atoms with E-state index in [-0.39, 0.29) is 22.4 Å². The molecule has 0 radical (unpaired) electrons. The summed E-state index contributed by atoms with van der Waals surface area (Å²) in [4.78, 5) is -0.00783. The summed E-state index contributed by atoms with van der Waals surface area (Å²) in [5.41, 5.74) is 5.29. The lowest BCUT2D eigenvalue weighted by Gasteiger charge is -2.09. The zero-order chi connectivity index (χ0) is 13.9. The second-order valence-corrected chi connectivity index (χ2v) is 6.89. The molecule has 2 N–H and O–H groups in total. The number of sulfone groups is 1. The molecule has 4 nitrogen and oxygen atoms in total. The summed E-state index contributed by atoms with van der Waals surface area (Å²) in [6, 6.07) is 3.61. The van der Waals surface area contributed by atoms with E-state index in [9.17, 15) is 12.8 Å². The third kappa shape index (κ3) is 3.67. The highest BCUT2D eigenvalue weighted by Crippen LogP contribution is 2.21. The summed E-state index contributed by atoms with van der Waals surface area (Å²) in [6.45, 7) is 0.764. The molecule has 0 bridgehead atoms. The number of nitrogens with two attached hydrogens (primary N) is 1. The quantitative estimate of drug-likeness (QED) is 0.842. The molecule has 0 aliphatic carbocycles. The third-order valence-corrected chi connectivity index (χ3v) is 5.09. The minimum atomic E-state index is -3.44. The van der Waals surface area contributed by atoms with E-state index in [1.165, 1.54) is 12.1 Å². The van der Waals surface area contributed by atoms with Crippen molar-refractivity contribution in [3.8, 4) is 0 Å². The smallest absolute Gasteiger partial charge is 0.178 e. The molecular weight excluding hydrogens is 269 g/mol. The number of rotatable bonds is 5. The maximum atomic E-state index is 13.3. The average Bonchev–Trinajstić information content (AvgIpc) is 2.85. The van der Waals surface area contributed by atoms with E-state index >= 15 is 0 Å². The molecular formula is C13H18FNO3S. The van der Waals surface area contributed by atoms with Gasteiger partial charge in [0.15, 0.2) is 9.84 Å². The van der Waals surface area contributed by atoms with Gasteiger partial charge in [0, 0.05) is 6.61 Å². The van der Waals surface area contributed by atoms with Gasteiger partial charge < -0.3 is 10.5 Å². The minimum Gasteiger partial charge on any atom is -0.396 e. The Bertz CT molecular complexity index is 539. The van der Waals surface area contributed by atoms with Crippen LogP contribution < -0.4 is 5.73 Å². The van der Waals surface area contributed by atoms with Crippen LogP contribution in [0.25, 0.3) is 0 Å². The van der Waals surface area contributed by atoms with Crippen LogP contribution in [0.5, 0.6) is 0 Å². The van der Waals surface area contributed by atoms with Crippen molar-refractivity contribution in [3.05, 3.63) is 24.0 Å². The Kier molecular flexibility index (Phi) is 4.42. The number of anilines is 1. The van der Waals surface area contributed by atoms with Gasteiger partial charge in [-0.2, -0.15) is 0 Å². The Labute approximate surface area is 112 Å². The topological polar surface area (TPSA) is 69.4 Å². The van der Waals surface area contributed by atoms with Crippen molar-refractivity contribution < 1.29 is 17.5 Å². The second-order valence-electron chi connectivity index (χ2n) is 4.78. The zero-order valence-corrected chi connectivity index (χ0v) is 11.5. The minimum absolute atomic E-state index is 0.00783. The highest BCUT2D eigenvalue weighted by molar-refractivity contribution is 7.91. The Morgan fingerprint density at radius 3 is 2.84 bits per heavy atom. The summed E-state index contributed by atoms with van der Waals surface area (Å²) in [5, 5.41) is 0. The first-order valence-corrected chi connectivity index (χ1v) is 8.03. The van der Waals surface area contributed by atoms with Crippen molar-refractivity contribution in [2.75, 3.05) is 18.1 Å². The fourth-order valence-corrected chi connectivity index (χ4v) is 3.53. The highest BCUT2D eigenvalue weighted by Gasteiger charge is 2.19. The van der Waals surface area contributed by atoms with Crippen LogP contribution in [0.3, 0.4) is 0 Å². The maximum Gasteiger partial charge on any atom is 0.178 e. The Balaban J connectivity index is 1.95. The fourth-order valence-electron chi connectivity index (χ4n) is 2.19. The lowest BCUT2D eigenvalue weighted by atomic mass is 10.1.